The number of aromatic nitrogens is 4. The van der Waals surface area contributed by atoms with Crippen LogP contribution in [0.1, 0.15) is 5.56 Å². The number of pyridine rings is 2. The van der Waals surface area contributed by atoms with Crippen molar-refractivity contribution in [3.05, 3.63) is 81.7 Å². The summed E-state index contributed by atoms with van der Waals surface area (Å²) in [5, 5.41) is 9.34. The van der Waals surface area contributed by atoms with E-state index in [1.54, 1.807) is 19.4 Å². The molecule has 0 saturated carbocycles. The fraction of sp³-hybridized carbons (Fsp3) is 0.0870. The van der Waals surface area contributed by atoms with Crippen molar-refractivity contribution in [1.82, 2.24) is 20.2 Å². The summed E-state index contributed by atoms with van der Waals surface area (Å²) < 4.78 is 5.55. The lowest BCUT2D eigenvalue weighted by Crippen LogP contribution is -2.08. The first-order valence-corrected chi connectivity index (χ1v) is 9.77. The molecule has 0 atom stereocenters. The molecule has 7 heteroatoms. The van der Waals surface area contributed by atoms with E-state index in [2.05, 4.69) is 15.2 Å². The SMILES string of the molecule is COCc1c(-c2cc(Cl)c3[nH]ncc3c2)c(-c2ccccc2)nc2[nH]c(=O)ccc12. The Balaban J connectivity index is 1.93. The summed E-state index contributed by atoms with van der Waals surface area (Å²) in [6.45, 7) is 0.348. The van der Waals surface area contributed by atoms with Crippen LogP contribution >= 0.6 is 11.6 Å². The number of ether oxygens (including phenoxy) is 1. The van der Waals surface area contributed by atoms with Gasteiger partial charge in [-0.25, -0.2) is 4.98 Å². The molecule has 0 radical (unpaired) electrons. The van der Waals surface area contributed by atoms with Crippen LogP contribution in [0, 0.1) is 0 Å². The number of nitrogens with zero attached hydrogens (tertiary/aromatic N) is 2. The third-order valence-electron chi connectivity index (χ3n) is 5.11. The van der Waals surface area contributed by atoms with Crippen molar-refractivity contribution < 1.29 is 4.74 Å². The zero-order valence-corrected chi connectivity index (χ0v) is 16.8. The van der Waals surface area contributed by atoms with Gasteiger partial charge in [-0.1, -0.05) is 41.9 Å². The predicted molar refractivity (Wildman–Crippen MR) is 119 cm³/mol. The molecule has 0 saturated heterocycles. The van der Waals surface area contributed by atoms with Crippen LogP contribution in [0.5, 0.6) is 0 Å². The van der Waals surface area contributed by atoms with Crippen LogP contribution < -0.4 is 5.56 Å². The van der Waals surface area contributed by atoms with Gasteiger partial charge in [0.25, 0.3) is 0 Å². The summed E-state index contributed by atoms with van der Waals surface area (Å²) in [5.74, 6) is 0. The monoisotopic (exact) mass is 416 g/mol. The molecule has 5 rings (SSSR count). The minimum atomic E-state index is -0.201. The van der Waals surface area contributed by atoms with Crippen molar-refractivity contribution in [1.29, 1.82) is 0 Å². The van der Waals surface area contributed by atoms with E-state index in [1.165, 1.54) is 6.07 Å². The number of aromatic amines is 2. The molecule has 0 amide bonds. The van der Waals surface area contributed by atoms with Crippen LogP contribution in [0.2, 0.25) is 5.02 Å². The Bertz CT molecular complexity index is 1440. The summed E-state index contributed by atoms with van der Waals surface area (Å²) >= 11 is 6.55. The molecular formula is C23H17ClN4O2. The molecule has 2 aromatic carbocycles. The topological polar surface area (TPSA) is 83.7 Å². The van der Waals surface area contributed by atoms with E-state index in [0.29, 0.717) is 17.3 Å². The molecule has 0 spiro atoms. The lowest BCUT2D eigenvalue weighted by molar-refractivity contribution is 0.186. The molecule has 0 aliphatic carbocycles. The maximum Gasteiger partial charge on any atom is 0.249 e. The van der Waals surface area contributed by atoms with Crippen LogP contribution in [-0.4, -0.2) is 27.3 Å². The molecule has 2 N–H and O–H groups in total. The van der Waals surface area contributed by atoms with Crippen LogP contribution in [-0.2, 0) is 11.3 Å². The van der Waals surface area contributed by atoms with Crippen molar-refractivity contribution in [2.75, 3.05) is 7.11 Å². The first-order chi connectivity index (χ1) is 14.7. The van der Waals surface area contributed by atoms with E-state index in [0.717, 1.165) is 44.2 Å². The second-order valence-corrected chi connectivity index (χ2v) is 7.40. The summed E-state index contributed by atoms with van der Waals surface area (Å²) in [6.07, 6.45) is 1.74. The molecule has 0 fully saturated rings. The molecule has 6 nitrogen and oxygen atoms in total. The standard InChI is InChI=1S/C23H17ClN4O2/c1-30-12-17-16-7-8-19(29)26-23(16)27-22(13-5-3-2-4-6-13)20(17)14-9-15-11-25-28-21(15)18(24)10-14/h2-11H,12H2,1H3,(H,25,28)(H,26,27,29). The number of nitrogens with one attached hydrogen (secondary N) is 2. The van der Waals surface area contributed by atoms with Gasteiger partial charge in [-0.2, -0.15) is 5.10 Å². The van der Waals surface area contributed by atoms with Crippen LogP contribution in [0.4, 0.5) is 0 Å². The average Bonchev–Trinajstić information content (AvgIpc) is 3.23. The molecule has 0 unspecified atom stereocenters. The van der Waals surface area contributed by atoms with Crippen molar-refractivity contribution in [3.63, 3.8) is 0 Å². The number of halogens is 1. The van der Waals surface area contributed by atoms with E-state index in [-0.39, 0.29) is 5.56 Å². The van der Waals surface area contributed by atoms with Crippen LogP contribution in [0.15, 0.2) is 65.6 Å². The summed E-state index contributed by atoms with van der Waals surface area (Å²) in [7, 11) is 1.65. The van der Waals surface area contributed by atoms with Gasteiger partial charge in [-0.15, -0.1) is 0 Å². The van der Waals surface area contributed by atoms with Gasteiger partial charge >= 0.3 is 0 Å². The Kier molecular flexibility index (Phi) is 4.58. The van der Waals surface area contributed by atoms with E-state index >= 15 is 0 Å². The third-order valence-corrected chi connectivity index (χ3v) is 5.41. The molecule has 0 aliphatic heterocycles. The Morgan fingerprint density at radius 2 is 1.90 bits per heavy atom. The van der Waals surface area contributed by atoms with E-state index in [4.69, 9.17) is 21.3 Å². The summed E-state index contributed by atoms with van der Waals surface area (Å²) in [4.78, 5) is 19.7. The van der Waals surface area contributed by atoms with E-state index < -0.39 is 0 Å². The third kappa shape index (κ3) is 3.07. The largest absolute Gasteiger partial charge is 0.380 e. The number of hydrogen-bond acceptors (Lipinski definition) is 4. The summed E-state index contributed by atoms with van der Waals surface area (Å²) in [5.41, 5.74) is 5.52. The minimum Gasteiger partial charge on any atom is -0.380 e. The smallest absolute Gasteiger partial charge is 0.249 e. The molecule has 3 aromatic heterocycles. The minimum absolute atomic E-state index is 0.201. The highest BCUT2D eigenvalue weighted by Crippen LogP contribution is 2.39. The normalized spacial score (nSPS) is 11.4. The first kappa shape index (κ1) is 18.5. The highest BCUT2D eigenvalue weighted by atomic mass is 35.5. The average molecular weight is 417 g/mol. The van der Waals surface area contributed by atoms with Gasteiger partial charge in [0.2, 0.25) is 5.56 Å². The van der Waals surface area contributed by atoms with Crippen molar-refractivity contribution in [2.24, 2.45) is 0 Å². The summed E-state index contributed by atoms with van der Waals surface area (Å²) in [6, 6.07) is 17.1. The number of fused-ring (bicyclic) bond motifs is 2. The lowest BCUT2D eigenvalue weighted by atomic mass is 9.92. The molecule has 148 valence electrons. The number of rotatable bonds is 4. The first-order valence-electron chi connectivity index (χ1n) is 9.39. The van der Waals surface area contributed by atoms with Crippen molar-refractivity contribution >= 4 is 33.5 Å². The molecule has 5 aromatic rings. The number of benzene rings is 2. The van der Waals surface area contributed by atoms with Gasteiger partial charge < -0.3 is 9.72 Å². The quantitative estimate of drug-likeness (QED) is 0.435. The second kappa shape index (κ2) is 7.40. The Labute approximate surface area is 176 Å². The Morgan fingerprint density at radius 1 is 1.07 bits per heavy atom. The van der Waals surface area contributed by atoms with Gasteiger partial charge in [0.05, 0.1) is 29.0 Å². The second-order valence-electron chi connectivity index (χ2n) is 6.99. The molecular weight excluding hydrogens is 400 g/mol. The Hall–Kier alpha value is -3.48. The Morgan fingerprint density at radius 3 is 2.70 bits per heavy atom. The molecule has 3 heterocycles. The van der Waals surface area contributed by atoms with Gasteiger partial charge in [0, 0.05) is 35.1 Å². The van der Waals surface area contributed by atoms with Crippen molar-refractivity contribution in [3.8, 4) is 22.4 Å². The molecule has 0 aliphatic rings. The number of methoxy groups -OCH3 is 1. The fourth-order valence-electron chi connectivity index (χ4n) is 3.81. The zero-order chi connectivity index (χ0) is 20.7. The zero-order valence-electron chi connectivity index (χ0n) is 16.1. The molecule has 0 bridgehead atoms. The lowest BCUT2D eigenvalue weighted by Gasteiger charge is -2.18. The maximum atomic E-state index is 12.0. The van der Waals surface area contributed by atoms with E-state index in [1.807, 2.05) is 42.5 Å². The molecule has 30 heavy (non-hydrogen) atoms. The van der Waals surface area contributed by atoms with Gasteiger partial charge in [-0.3, -0.25) is 9.89 Å². The van der Waals surface area contributed by atoms with Crippen molar-refractivity contribution in [2.45, 2.75) is 6.61 Å². The highest BCUT2D eigenvalue weighted by molar-refractivity contribution is 6.35. The highest BCUT2D eigenvalue weighted by Gasteiger charge is 2.20. The number of H-pyrrole nitrogens is 2. The number of hydrogen-bond donors (Lipinski definition) is 2. The maximum absolute atomic E-state index is 12.0. The van der Waals surface area contributed by atoms with Gasteiger partial charge in [0.1, 0.15) is 5.65 Å². The van der Waals surface area contributed by atoms with E-state index in [9.17, 15) is 4.79 Å². The van der Waals surface area contributed by atoms with Gasteiger partial charge in [-0.05, 0) is 29.3 Å². The van der Waals surface area contributed by atoms with Crippen LogP contribution in [0.3, 0.4) is 0 Å². The predicted octanol–water partition coefficient (Wildman–Crippen LogP) is 4.93. The van der Waals surface area contributed by atoms with Crippen LogP contribution in [0.25, 0.3) is 44.3 Å². The van der Waals surface area contributed by atoms with Gasteiger partial charge in [0.15, 0.2) is 0 Å². The fourth-order valence-corrected chi connectivity index (χ4v) is 4.08.